The highest BCUT2D eigenvalue weighted by Gasteiger charge is 2.07. The first-order valence-corrected chi connectivity index (χ1v) is 6.03. The smallest absolute Gasteiger partial charge is 0.224 e. The lowest BCUT2D eigenvalue weighted by atomic mass is 10.1. The second-order valence-electron chi connectivity index (χ2n) is 4.18. The highest BCUT2D eigenvalue weighted by atomic mass is 35.5. The lowest BCUT2D eigenvalue weighted by Crippen LogP contribution is -2.07. The van der Waals surface area contributed by atoms with Gasteiger partial charge in [0, 0.05) is 6.54 Å². The summed E-state index contributed by atoms with van der Waals surface area (Å²) in [6.07, 6.45) is 0. The van der Waals surface area contributed by atoms with Gasteiger partial charge < -0.3 is 11.1 Å². The van der Waals surface area contributed by atoms with Crippen LogP contribution in [0.1, 0.15) is 16.8 Å². The third-order valence-corrected chi connectivity index (χ3v) is 2.82. The van der Waals surface area contributed by atoms with Gasteiger partial charge >= 0.3 is 0 Å². The van der Waals surface area contributed by atoms with Crippen molar-refractivity contribution in [2.75, 3.05) is 11.1 Å². The average Bonchev–Trinajstić information content (AvgIpc) is 2.32. The molecular formula is C13H15ClN4. The van der Waals surface area contributed by atoms with E-state index in [1.54, 1.807) is 6.92 Å². The number of hydrogen-bond donors (Lipinski definition) is 2. The summed E-state index contributed by atoms with van der Waals surface area (Å²) in [7, 11) is 0. The Hall–Kier alpha value is -1.81. The van der Waals surface area contributed by atoms with E-state index in [0.29, 0.717) is 23.7 Å². The van der Waals surface area contributed by atoms with Crippen molar-refractivity contribution >= 4 is 23.1 Å². The molecule has 0 amide bonds. The van der Waals surface area contributed by atoms with E-state index in [9.17, 15) is 0 Å². The van der Waals surface area contributed by atoms with Crippen LogP contribution in [0.4, 0.5) is 11.5 Å². The summed E-state index contributed by atoms with van der Waals surface area (Å²) < 4.78 is 0. The number of rotatable bonds is 3. The van der Waals surface area contributed by atoms with E-state index in [1.165, 1.54) is 11.1 Å². The maximum Gasteiger partial charge on any atom is 0.224 e. The van der Waals surface area contributed by atoms with Crippen LogP contribution >= 0.6 is 11.6 Å². The molecule has 0 unspecified atom stereocenters. The number of halogens is 1. The van der Waals surface area contributed by atoms with E-state index >= 15 is 0 Å². The van der Waals surface area contributed by atoms with Gasteiger partial charge in [0.15, 0.2) is 5.82 Å². The normalized spacial score (nSPS) is 10.4. The van der Waals surface area contributed by atoms with Crippen molar-refractivity contribution in [1.29, 1.82) is 0 Å². The highest BCUT2D eigenvalue weighted by molar-refractivity contribution is 6.28. The average molecular weight is 263 g/mol. The van der Waals surface area contributed by atoms with E-state index in [-0.39, 0.29) is 5.28 Å². The summed E-state index contributed by atoms with van der Waals surface area (Å²) in [5.41, 5.74) is 9.51. The van der Waals surface area contributed by atoms with Crippen molar-refractivity contribution < 1.29 is 0 Å². The number of nitrogens with one attached hydrogen (secondary N) is 1. The molecule has 2 aromatic rings. The van der Waals surface area contributed by atoms with Crippen LogP contribution in [0.15, 0.2) is 24.3 Å². The molecule has 0 bridgehead atoms. The lowest BCUT2D eigenvalue weighted by molar-refractivity contribution is 1.06. The van der Waals surface area contributed by atoms with Gasteiger partial charge in [-0.05, 0) is 31.0 Å². The Kier molecular flexibility index (Phi) is 3.67. The van der Waals surface area contributed by atoms with E-state index in [0.717, 1.165) is 0 Å². The van der Waals surface area contributed by atoms with Crippen molar-refractivity contribution in [2.45, 2.75) is 20.4 Å². The summed E-state index contributed by atoms with van der Waals surface area (Å²) >= 11 is 5.81. The van der Waals surface area contributed by atoms with Gasteiger partial charge in [0.1, 0.15) is 0 Å². The van der Waals surface area contributed by atoms with Gasteiger partial charge in [0.25, 0.3) is 0 Å². The topological polar surface area (TPSA) is 63.8 Å². The van der Waals surface area contributed by atoms with Crippen molar-refractivity contribution in [3.63, 3.8) is 0 Å². The van der Waals surface area contributed by atoms with Crippen molar-refractivity contribution in [2.24, 2.45) is 0 Å². The first kappa shape index (κ1) is 12.6. The van der Waals surface area contributed by atoms with Gasteiger partial charge in [0.2, 0.25) is 5.28 Å². The molecule has 4 nitrogen and oxygen atoms in total. The Morgan fingerprint density at radius 3 is 2.78 bits per heavy atom. The van der Waals surface area contributed by atoms with E-state index in [1.807, 2.05) is 12.1 Å². The summed E-state index contributed by atoms with van der Waals surface area (Å²) in [6.45, 7) is 4.52. The van der Waals surface area contributed by atoms with Gasteiger partial charge in [-0.25, -0.2) is 4.98 Å². The third kappa shape index (κ3) is 2.90. The predicted molar refractivity (Wildman–Crippen MR) is 74.7 cm³/mol. The molecular weight excluding hydrogens is 248 g/mol. The molecule has 18 heavy (non-hydrogen) atoms. The van der Waals surface area contributed by atoms with E-state index in [2.05, 4.69) is 34.3 Å². The molecule has 1 aromatic carbocycles. The van der Waals surface area contributed by atoms with Gasteiger partial charge in [-0.15, -0.1) is 0 Å². The van der Waals surface area contributed by atoms with Gasteiger partial charge in [-0.2, -0.15) is 4.98 Å². The van der Waals surface area contributed by atoms with Crippen molar-refractivity contribution in [1.82, 2.24) is 9.97 Å². The molecule has 0 fully saturated rings. The number of benzene rings is 1. The van der Waals surface area contributed by atoms with Crippen LogP contribution in [0.5, 0.6) is 0 Å². The number of nitrogens with two attached hydrogens (primary N) is 1. The zero-order chi connectivity index (χ0) is 13.1. The van der Waals surface area contributed by atoms with Crippen molar-refractivity contribution in [3.05, 3.63) is 46.4 Å². The molecule has 0 saturated carbocycles. The SMILES string of the molecule is Cc1cccc(CNc2nc(Cl)nc(C)c2N)c1. The first-order valence-electron chi connectivity index (χ1n) is 5.65. The number of aryl methyl sites for hydroxylation is 2. The molecule has 0 aliphatic carbocycles. The second-order valence-corrected chi connectivity index (χ2v) is 4.52. The lowest BCUT2D eigenvalue weighted by Gasteiger charge is -2.10. The number of nitrogens with zero attached hydrogens (tertiary/aromatic N) is 2. The van der Waals surface area contributed by atoms with Crippen LogP contribution in [-0.4, -0.2) is 9.97 Å². The number of anilines is 2. The molecule has 0 aliphatic rings. The maximum atomic E-state index is 5.90. The summed E-state index contributed by atoms with van der Waals surface area (Å²) in [5, 5.41) is 3.38. The zero-order valence-electron chi connectivity index (χ0n) is 10.4. The highest BCUT2D eigenvalue weighted by Crippen LogP contribution is 2.21. The fourth-order valence-electron chi connectivity index (χ4n) is 1.69. The standard InChI is InChI=1S/C13H15ClN4/c1-8-4-3-5-10(6-8)7-16-12-11(15)9(2)17-13(14)18-12/h3-6H,7,15H2,1-2H3,(H,16,17,18). The molecule has 0 atom stereocenters. The Morgan fingerprint density at radius 2 is 2.06 bits per heavy atom. The number of aromatic nitrogens is 2. The predicted octanol–water partition coefficient (Wildman–Crippen LogP) is 2.94. The minimum absolute atomic E-state index is 0.202. The monoisotopic (exact) mass is 262 g/mol. The third-order valence-electron chi connectivity index (χ3n) is 2.65. The molecule has 0 spiro atoms. The number of nitrogen functional groups attached to an aromatic ring is 1. The van der Waals surface area contributed by atoms with Gasteiger partial charge in [-0.3, -0.25) is 0 Å². The largest absolute Gasteiger partial charge is 0.394 e. The fraction of sp³-hybridized carbons (Fsp3) is 0.231. The van der Waals surface area contributed by atoms with Crippen LogP contribution in [-0.2, 0) is 6.54 Å². The summed E-state index contributed by atoms with van der Waals surface area (Å²) in [6, 6.07) is 8.24. The summed E-state index contributed by atoms with van der Waals surface area (Å²) in [4.78, 5) is 8.08. The Morgan fingerprint density at radius 1 is 1.28 bits per heavy atom. The summed E-state index contributed by atoms with van der Waals surface area (Å²) in [5.74, 6) is 0.578. The molecule has 94 valence electrons. The van der Waals surface area contributed by atoms with Crippen molar-refractivity contribution in [3.8, 4) is 0 Å². The molecule has 0 saturated heterocycles. The minimum atomic E-state index is 0.202. The van der Waals surface area contributed by atoms with Gasteiger partial charge in [-0.1, -0.05) is 29.8 Å². The molecule has 2 rings (SSSR count). The fourth-order valence-corrected chi connectivity index (χ4v) is 1.90. The molecule has 0 radical (unpaired) electrons. The zero-order valence-corrected chi connectivity index (χ0v) is 11.1. The Balaban J connectivity index is 2.15. The molecule has 1 heterocycles. The first-order chi connectivity index (χ1) is 8.56. The van der Waals surface area contributed by atoms with Crippen LogP contribution < -0.4 is 11.1 Å². The van der Waals surface area contributed by atoms with Crippen LogP contribution in [0.25, 0.3) is 0 Å². The minimum Gasteiger partial charge on any atom is -0.394 e. The van der Waals surface area contributed by atoms with Gasteiger partial charge in [0.05, 0.1) is 11.4 Å². The van der Waals surface area contributed by atoms with Crippen LogP contribution in [0.2, 0.25) is 5.28 Å². The molecule has 1 aromatic heterocycles. The van der Waals surface area contributed by atoms with E-state index < -0.39 is 0 Å². The molecule has 0 aliphatic heterocycles. The number of hydrogen-bond acceptors (Lipinski definition) is 4. The van der Waals surface area contributed by atoms with Crippen LogP contribution in [0, 0.1) is 13.8 Å². The second kappa shape index (κ2) is 5.23. The Bertz CT molecular complexity index is 569. The molecule has 5 heteroatoms. The quantitative estimate of drug-likeness (QED) is 0.835. The maximum absolute atomic E-state index is 5.90. The molecule has 3 N–H and O–H groups in total. The van der Waals surface area contributed by atoms with E-state index in [4.69, 9.17) is 17.3 Å². The Labute approximate surface area is 111 Å². The van der Waals surface area contributed by atoms with Crippen LogP contribution in [0.3, 0.4) is 0 Å².